The van der Waals surface area contributed by atoms with Crippen LogP contribution in [0.15, 0.2) is 23.8 Å². The van der Waals surface area contributed by atoms with E-state index in [-0.39, 0.29) is 17.5 Å². The average Bonchev–Trinajstić information content (AvgIpc) is 2.38. The molecule has 2 N–H and O–H groups in total. The smallest absolute Gasteiger partial charge is 0.251 e. The van der Waals surface area contributed by atoms with Gasteiger partial charge in [-0.25, -0.2) is 4.39 Å². The maximum absolute atomic E-state index is 13.8. The number of nitrogens with one attached hydrogen (secondary N) is 2. The van der Waals surface area contributed by atoms with Gasteiger partial charge in [-0.3, -0.25) is 9.59 Å². The second kappa shape index (κ2) is 5.22. The van der Waals surface area contributed by atoms with Crippen molar-refractivity contribution in [2.24, 2.45) is 0 Å². The SMILES string of the molecule is C/C=C(\C)C(=O)Nc1cc2c(cc1F)NC(=O)CC2. The molecule has 0 bridgehead atoms. The van der Waals surface area contributed by atoms with Crippen LogP contribution in [0.3, 0.4) is 0 Å². The Kier molecular flexibility index (Phi) is 3.64. The molecule has 4 nitrogen and oxygen atoms in total. The Bertz CT molecular complexity index is 579. The van der Waals surface area contributed by atoms with Gasteiger partial charge < -0.3 is 10.6 Å². The molecule has 1 aromatic carbocycles. The molecule has 0 spiro atoms. The lowest BCUT2D eigenvalue weighted by Gasteiger charge is -2.18. The fraction of sp³-hybridized carbons (Fsp3) is 0.286. The third-order valence-corrected chi connectivity index (χ3v) is 3.13. The molecular weight excluding hydrogens is 247 g/mol. The van der Waals surface area contributed by atoms with Crippen molar-refractivity contribution in [3.05, 3.63) is 35.2 Å². The molecule has 0 aliphatic carbocycles. The van der Waals surface area contributed by atoms with Crippen LogP contribution in [0.5, 0.6) is 0 Å². The van der Waals surface area contributed by atoms with Crippen LogP contribution in [0, 0.1) is 5.82 Å². The lowest BCUT2D eigenvalue weighted by atomic mass is 10.0. The molecule has 1 aliphatic rings. The van der Waals surface area contributed by atoms with Crippen molar-refractivity contribution >= 4 is 23.2 Å². The van der Waals surface area contributed by atoms with Crippen LogP contribution in [0.4, 0.5) is 15.8 Å². The summed E-state index contributed by atoms with van der Waals surface area (Å²) in [4.78, 5) is 22.9. The van der Waals surface area contributed by atoms with Crippen LogP contribution in [0.1, 0.15) is 25.8 Å². The van der Waals surface area contributed by atoms with E-state index in [1.54, 1.807) is 26.0 Å². The minimum Gasteiger partial charge on any atom is -0.326 e. The number of aryl methyl sites for hydroxylation is 1. The number of carbonyl (C=O) groups excluding carboxylic acids is 2. The molecule has 1 heterocycles. The quantitative estimate of drug-likeness (QED) is 0.805. The highest BCUT2D eigenvalue weighted by molar-refractivity contribution is 6.03. The number of fused-ring (bicyclic) bond motifs is 1. The second-order valence-electron chi connectivity index (χ2n) is 4.46. The summed E-state index contributed by atoms with van der Waals surface area (Å²) in [7, 11) is 0. The van der Waals surface area contributed by atoms with E-state index >= 15 is 0 Å². The molecule has 2 rings (SSSR count). The average molecular weight is 262 g/mol. The predicted molar refractivity (Wildman–Crippen MR) is 71.4 cm³/mol. The Morgan fingerprint density at radius 3 is 2.84 bits per heavy atom. The van der Waals surface area contributed by atoms with Gasteiger partial charge in [0, 0.05) is 17.7 Å². The number of allylic oxidation sites excluding steroid dienone is 1. The van der Waals surface area contributed by atoms with Crippen LogP contribution in [-0.4, -0.2) is 11.8 Å². The Balaban J connectivity index is 2.28. The van der Waals surface area contributed by atoms with Gasteiger partial charge in [0.05, 0.1) is 5.69 Å². The number of amides is 2. The van der Waals surface area contributed by atoms with Gasteiger partial charge in [-0.15, -0.1) is 0 Å². The minimum atomic E-state index is -0.557. The van der Waals surface area contributed by atoms with Gasteiger partial charge in [0.15, 0.2) is 0 Å². The first-order valence-corrected chi connectivity index (χ1v) is 6.08. The molecule has 1 aliphatic heterocycles. The highest BCUT2D eigenvalue weighted by Gasteiger charge is 2.18. The number of rotatable bonds is 2. The van der Waals surface area contributed by atoms with E-state index in [1.165, 1.54) is 6.07 Å². The molecule has 0 aromatic heterocycles. The van der Waals surface area contributed by atoms with E-state index in [9.17, 15) is 14.0 Å². The summed E-state index contributed by atoms with van der Waals surface area (Å²) in [5.41, 5.74) is 1.97. The number of benzene rings is 1. The molecule has 0 atom stereocenters. The van der Waals surface area contributed by atoms with Crippen LogP contribution >= 0.6 is 0 Å². The maximum atomic E-state index is 13.8. The number of hydrogen-bond donors (Lipinski definition) is 2. The largest absolute Gasteiger partial charge is 0.326 e. The fourth-order valence-corrected chi connectivity index (χ4v) is 1.85. The summed E-state index contributed by atoms with van der Waals surface area (Å²) < 4.78 is 13.8. The first-order valence-electron chi connectivity index (χ1n) is 6.08. The van der Waals surface area contributed by atoms with Gasteiger partial charge in [0.25, 0.3) is 5.91 Å². The van der Waals surface area contributed by atoms with Gasteiger partial charge in [-0.05, 0) is 38.0 Å². The zero-order valence-corrected chi connectivity index (χ0v) is 10.8. The van der Waals surface area contributed by atoms with E-state index < -0.39 is 5.82 Å². The topological polar surface area (TPSA) is 58.2 Å². The Labute approximate surface area is 110 Å². The summed E-state index contributed by atoms with van der Waals surface area (Å²) in [5, 5.41) is 5.14. The predicted octanol–water partition coefficient (Wildman–Crippen LogP) is 2.62. The maximum Gasteiger partial charge on any atom is 0.251 e. The lowest BCUT2D eigenvalue weighted by Crippen LogP contribution is -2.20. The van der Waals surface area contributed by atoms with Crippen LogP contribution < -0.4 is 10.6 Å². The first-order chi connectivity index (χ1) is 9.01. The number of halogens is 1. The molecule has 5 heteroatoms. The Morgan fingerprint density at radius 2 is 2.16 bits per heavy atom. The van der Waals surface area contributed by atoms with E-state index in [1.807, 2.05) is 0 Å². The van der Waals surface area contributed by atoms with Crippen molar-refractivity contribution in [2.45, 2.75) is 26.7 Å². The molecule has 0 saturated heterocycles. The van der Waals surface area contributed by atoms with E-state index in [4.69, 9.17) is 0 Å². The van der Waals surface area contributed by atoms with Gasteiger partial charge in [0.1, 0.15) is 5.82 Å². The van der Waals surface area contributed by atoms with Crippen molar-refractivity contribution in [3.63, 3.8) is 0 Å². The van der Waals surface area contributed by atoms with Gasteiger partial charge in [-0.2, -0.15) is 0 Å². The van der Waals surface area contributed by atoms with Crippen molar-refractivity contribution in [2.75, 3.05) is 10.6 Å². The Hall–Kier alpha value is -2.17. The number of carbonyl (C=O) groups is 2. The standard InChI is InChI=1S/C14H15FN2O2/c1-3-8(2)14(19)17-12-6-9-4-5-13(18)16-11(9)7-10(12)15/h3,6-7H,4-5H2,1-2H3,(H,16,18)(H,17,19)/b8-3+. The van der Waals surface area contributed by atoms with E-state index in [2.05, 4.69) is 10.6 Å². The van der Waals surface area contributed by atoms with Gasteiger partial charge in [0.2, 0.25) is 5.91 Å². The van der Waals surface area contributed by atoms with Crippen molar-refractivity contribution < 1.29 is 14.0 Å². The number of hydrogen-bond acceptors (Lipinski definition) is 2. The molecule has 2 amide bonds. The van der Waals surface area contributed by atoms with Crippen LogP contribution in [0.25, 0.3) is 0 Å². The zero-order chi connectivity index (χ0) is 14.0. The molecule has 0 saturated carbocycles. The molecule has 100 valence electrons. The summed E-state index contributed by atoms with van der Waals surface area (Å²) in [5.74, 6) is -1.01. The Morgan fingerprint density at radius 1 is 1.42 bits per heavy atom. The van der Waals surface area contributed by atoms with E-state index in [0.717, 1.165) is 5.56 Å². The highest BCUT2D eigenvalue weighted by atomic mass is 19.1. The molecular formula is C14H15FN2O2. The van der Waals surface area contributed by atoms with Crippen molar-refractivity contribution in [1.29, 1.82) is 0 Å². The fourth-order valence-electron chi connectivity index (χ4n) is 1.85. The third kappa shape index (κ3) is 2.81. The molecule has 0 radical (unpaired) electrons. The van der Waals surface area contributed by atoms with Crippen LogP contribution in [0.2, 0.25) is 0 Å². The summed E-state index contributed by atoms with van der Waals surface area (Å²) >= 11 is 0. The monoisotopic (exact) mass is 262 g/mol. The molecule has 19 heavy (non-hydrogen) atoms. The molecule has 0 unspecified atom stereocenters. The first kappa shape index (κ1) is 13.3. The highest BCUT2D eigenvalue weighted by Crippen LogP contribution is 2.28. The van der Waals surface area contributed by atoms with Gasteiger partial charge in [-0.1, -0.05) is 6.08 Å². The minimum absolute atomic E-state index is 0.117. The van der Waals surface area contributed by atoms with Crippen molar-refractivity contribution in [3.8, 4) is 0 Å². The lowest BCUT2D eigenvalue weighted by molar-refractivity contribution is -0.116. The van der Waals surface area contributed by atoms with E-state index in [0.29, 0.717) is 24.1 Å². The second-order valence-corrected chi connectivity index (χ2v) is 4.46. The summed E-state index contributed by atoms with van der Waals surface area (Å²) in [6.07, 6.45) is 2.58. The third-order valence-electron chi connectivity index (χ3n) is 3.13. The summed E-state index contributed by atoms with van der Waals surface area (Å²) in [6.45, 7) is 3.40. The number of anilines is 2. The van der Waals surface area contributed by atoms with Crippen LogP contribution in [-0.2, 0) is 16.0 Å². The normalized spacial score (nSPS) is 14.7. The molecule has 0 fully saturated rings. The zero-order valence-electron chi connectivity index (χ0n) is 10.8. The van der Waals surface area contributed by atoms with Crippen molar-refractivity contribution in [1.82, 2.24) is 0 Å². The summed E-state index contributed by atoms with van der Waals surface area (Å²) in [6, 6.07) is 2.82. The molecule has 1 aromatic rings. The van der Waals surface area contributed by atoms with Gasteiger partial charge >= 0.3 is 0 Å².